The summed E-state index contributed by atoms with van der Waals surface area (Å²) in [6, 6.07) is 21.5. The highest BCUT2D eigenvalue weighted by Crippen LogP contribution is 2.36. The van der Waals surface area contributed by atoms with Crippen molar-refractivity contribution in [1.82, 2.24) is 0 Å². The van der Waals surface area contributed by atoms with Crippen LogP contribution in [-0.2, 0) is 11.2 Å². The number of hydrogen-bond donors (Lipinski definition) is 1. The monoisotopic (exact) mass is 416 g/mol. The molecule has 3 aromatic rings. The molecule has 1 unspecified atom stereocenters. The number of rotatable bonds is 9. The zero-order valence-electron chi connectivity index (χ0n) is 16.9. The summed E-state index contributed by atoms with van der Waals surface area (Å²) in [7, 11) is 0. The van der Waals surface area contributed by atoms with Crippen LogP contribution < -0.4 is 19.9 Å². The molecule has 0 fully saturated rings. The van der Waals surface area contributed by atoms with Crippen LogP contribution in [-0.4, -0.2) is 18.5 Å². The lowest BCUT2D eigenvalue weighted by molar-refractivity contribution is -0.255. The normalized spacial score (nSPS) is 12.9. The van der Waals surface area contributed by atoms with Crippen LogP contribution in [0.5, 0.6) is 11.5 Å². The molecule has 0 saturated carbocycles. The average Bonchev–Trinajstić information content (AvgIpc) is 3.26. The lowest BCUT2D eigenvalue weighted by Crippen LogP contribution is -2.22. The molecule has 1 aliphatic heterocycles. The number of benzene rings is 3. The van der Waals surface area contributed by atoms with Crippen LogP contribution >= 0.6 is 0 Å². The Morgan fingerprint density at radius 2 is 1.68 bits per heavy atom. The summed E-state index contributed by atoms with van der Waals surface area (Å²) in [4.78, 5) is 23.8. The molecule has 0 spiro atoms. The number of Topliss-reactive ketones (excluding diaryl/α,β-unsaturated/α-hetero) is 1. The van der Waals surface area contributed by atoms with E-state index >= 15 is 0 Å². The van der Waals surface area contributed by atoms with E-state index in [1.807, 2.05) is 48.5 Å². The Bertz CT molecular complexity index is 1060. The van der Waals surface area contributed by atoms with E-state index in [2.05, 4.69) is 5.32 Å². The molecule has 31 heavy (non-hydrogen) atoms. The number of aryl methyl sites for hydroxylation is 1. The number of anilines is 1. The van der Waals surface area contributed by atoms with Gasteiger partial charge in [0, 0.05) is 18.5 Å². The van der Waals surface area contributed by atoms with Gasteiger partial charge < -0.3 is 24.7 Å². The summed E-state index contributed by atoms with van der Waals surface area (Å²) in [5.41, 5.74) is 2.83. The van der Waals surface area contributed by atoms with Crippen molar-refractivity contribution in [2.45, 2.75) is 25.3 Å². The van der Waals surface area contributed by atoms with Gasteiger partial charge in [-0.1, -0.05) is 48.5 Å². The highest BCUT2D eigenvalue weighted by Gasteiger charge is 2.20. The summed E-state index contributed by atoms with van der Waals surface area (Å²) >= 11 is 0. The number of ether oxygens (including phenoxy) is 2. The quantitative estimate of drug-likeness (QED) is 0.574. The van der Waals surface area contributed by atoms with E-state index in [9.17, 15) is 14.7 Å². The van der Waals surface area contributed by atoms with Gasteiger partial charge in [0.15, 0.2) is 11.5 Å². The SMILES string of the molecule is O=C(CCc1ccccc1)CC(Nc1ccc(C(=O)[O-])cc1)c1ccc2c(c1)OCO2. The van der Waals surface area contributed by atoms with Gasteiger partial charge in [-0.15, -0.1) is 0 Å². The van der Waals surface area contributed by atoms with Gasteiger partial charge in [-0.3, -0.25) is 4.79 Å². The van der Waals surface area contributed by atoms with Crippen LogP contribution in [0.2, 0.25) is 0 Å². The minimum Gasteiger partial charge on any atom is -0.545 e. The van der Waals surface area contributed by atoms with Crippen LogP contribution in [0.4, 0.5) is 5.69 Å². The average molecular weight is 416 g/mol. The Hall–Kier alpha value is -3.80. The topological polar surface area (TPSA) is 87.7 Å². The molecule has 3 aromatic carbocycles. The second-order valence-electron chi connectivity index (χ2n) is 7.40. The lowest BCUT2D eigenvalue weighted by atomic mass is 9.97. The van der Waals surface area contributed by atoms with E-state index in [1.54, 1.807) is 12.1 Å². The standard InChI is InChI=1S/C25H23NO5/c27-21(12-6-17-4-2-1-3-5-17)15-22(19-9-13-23-24(14-19)31-16-30-23)26-20-10-7-18(8-11-20)25(28)29/h1-5,7-11,13-14,22,26H,6,12,15-16H2,(H,28,29)/p-1. The number of carbonyl (C=O) groups excluding carboxylic acids is 2. The van der Waals surface area contributed by atoms with Gasteiger partial charge in [0.2, 0.25) is 6.79 Å². The number of nitrogens with one attached hydrogen (secondary N) is 1. The third-order valence-electron chi connectivity index (χ3n) is 5.23. The minimum absolute atomic E-state index is 0.101. The summed E-state index contributed by atoms with van der Waals surface area (Å²) in [6.07, 6.45) is 1.42. The van der Waals surface area contributed by atoms with E-state index in [1.165, 1.54) is 12.1 Å². The first-order chi connectivity index (χ1) is 15.1. The van der Waals surface area contributed by atoms with Crippen LogP contribution in [0.3, 0.4) is 0 Å². The molecule has 4 rings (SSSR count). The fourth-order valence-corrected chi connectivity index (χ4v) is 3.54. The second-order valence-corrected chi connectivity index (χ2v) is 7.40. The number of carboxylic acid groups (broad SMARTS) is 1. The van der Waals surface area contributed by atoms with Crippen molar-refractivity contribution in [1.29, 1.82) is 0 Å². The van der Waals surface area contributed by atoms with Gasteiger partial charge >= 0.3 is 0 Å². The lowest BCUT2D eigenvalue weighted by Gasteiger charge is -2.21. The van der Waals surface area contributed by atoms with Crippen LogP contribution in [0.1, 0.15) is 40.4 Å². The summed E-state index contributed by atoms with van der Waals surface area (Å²) in [5, 5.41) is 14.3. The molecule has 1 heterocycles. The molecule has 0 amide bonds. The zero-order valence-corrected chi connectivity index (χ0v) is 16.9. The van der Waals surface area contributed by atoms with Crippen molar-refractivity contribution >= 4 is 17.4 Å². The van der Waals surface area contributed by atoms with Gasteiger partial charge in [0.1, 0.15) is 5.78 Å². The number of carbonyl (C=O) groups is 2. The molecule has 0 radical (unpaired) electrons. The Balaban J connectivity index is 1.50. The number of fused-ring (bicyclic) bond motifs is 1. The first kappa shape index (κ1) is 20.5. The first-order valence-electron chi connectivity index (χ1n) is 10.1. The number of aromatic carboxylic acids is 1. The molecule has 158 valence electrons. The smallest absolute Gasteiger partial charge is 0.231 e. The van der Waals surface area contributed by atoms with E-state index < -0.39 is 5.97 Å². The number of ketones is 1. The van der Waals surface area contributed by atoms with Crippen LogP contribution in [0, 0.1) is 0 Å². The van der Waals surface area contributed by atoms with Crippen molar-refractivity contribution in [3.05, 3.63) is 89.5 Å². The summed E-state index contributed by atoms with van der Waals surface area (Å²) in [5.74, 6) is 0.227. The van der Waals surface area contributed by atoms with E-state index in [4.69, 9.17) is 9.47 Å². The van der Waals surface area contributed by atoms with Crippen molar-refractivity contribution < 1.29 is 24.2 Å². The highest BCUT2D eigenvalue weighted by atomic mass is 16.7. The maximum absolute atomic E-state index is 12.8. The predicted octanol–water partition coefficient (Wildman–Crippen LogP) is 3.52. The van der Waals surface area contributed by atoms with Crippen molar-refractivity contribution in [3.63, 3.8) is 0 Å². The Labute approximate surface area is 180 Å². The predicted molar refractivity (Wildman–Crippen MR) is 114 cm³/mol. The summed E-state index contributed by atoms with van der Waals surface area (Å²) in [6.45, 7) is 0.178. The third-order valence-corrected chi connectivity index (χ3v) is 5.23. The molecule has 0 bridgehead atoms. The number of carboxylic acids is 1. The van der Waals surface area contributed by atoms with Crippen molar-refractivity contribution in [2.24, 2.45) is 0 Å². The van der Waals surface area contributed by atoms with Crippen LogP contribution in [0.25, 0.3) is 0 Å². The molecular formula is C25H22NO5-. The van der Waals surface area contributed by atoms with Gasteiger partial charge in [-0.2, -0.15) is 0 Å². The van der Waals surface area contributed by atoms with Gasteiger partial charge in [0.05, 0.1) is 12.0 Å². The Morgan fingerprint density at radius 1 is 0.935 bits per heavy atom. The molecule has 6 heteroatoms. The minimum atomic E-state index is -1.23. The fourth-order valence-electron chi connectivity index (χ4n) is 3.54. The number of hydrogen-bond acceptors (Lipinski definition) is 6. The molecule has 0 saturated heterocycles. The third kappa shape index (κ3) is 5.22. The van der Waals surface area contributed by atoms with Gasteiger partial charge in [-0.25, -0.2) is 0 Å². The van der Waals surface area contributed by atoms with Crippen molar-refractivity contribution in [2.75, 3.05) is 12.1 Å². The fraction of sp³-hybridized carbons (Fsp3) is 0.200. The van der Waals surface area contributed by atoms with Crippen molar-refractivity contribution in [3.8, 4) is 11.5 Å². The maximum atomic E-state index is 12.8. The highest BCUT2D eigenvalue weighted by molar-refractivity contribution is 5.86. The molecule has 6 nitrogen and oxygen atoms in total. The van der Waals surface area contributed by atoms with Gasteiger partial charge in [0.25, 0.3) is 0 Å². The largest absolute Gasteiger partial charge is 0.545 e. The van der Waals surface area contributed by atoms with Gasteiger partial charge in [-0.05, 0) is 47.4 Å². The maximum Gasteiger partial charge on any atom is 0.231 e. The second kappa shape index (κ2) is 9.34. The van der Waals surface area contributed by atoms with E-state index in [0.29, 0.717) is 30.0 Å². The Kier molecular flexibility index (Phi) is 6.17. The molecule has 0 aromatic heterocycles. The molecular weight excluding hydrogens is 394 g/mol. The molecule has 0 aliphatic carbocycles. The molecule has 1 N–H and O–H groups in total. The van der Waals surface area contributed by atoms with E-state index in [-0.39, 0.29) is 30.6 Å². The summed E-state index contributed by atoms with van der Waals surface area (Å²) < 4.78 is 10.9. The Morgan fingerprint density at radius 3 is 2.42 bits per heavy atom. The first-order valence-corrected chi connectivity index (χ1v) is 10.1. The molecule has 1 atom stereocenters. The zero-order chi connectivity index (χ0) is 21.6. The van der Waals surface area contributed by atoms with E-state index in [0.717, 1.165) is 11.1 Å². The molecule has 1 aliphatic rings. The van der Waals surface area contributed by atoms with Crippen LogP contribution in [0.15, 0.2) is 72.8 Å².